The summed E-state index contributed by atoms with van der Waals surface area (Å²) in [5.41, 5.74) is 2.54. The summed E-state index contributed by atoms with van der Waals surface area (Å²) in [4.78, 5) is 5.09. The molecule has 210 valence electrons. The van der Waals surface area contributed by atoms with E-state index in [1.54, 1.807) is 31.4 Å². The first kappa shape index (κ1) is 30.8. The van der Waals surface area contributed by atoms with Gasteiger partial charge in [0, 0.05) is 5.56 Å². The first-order valence-corrected chi connectivity index (χ1v) is 20.4. The molecule has 0 amide bonds. The highest BCUT2D eigenvalue weighted by Gasteiger charge is 2.48. The van der Waals surface area contributed by atoms with Gasteiger partial charge in [-0.3, -0.25) is 0 Å². The maximum absolute atomic E-state index is 14.2. The van der Waals surface area contributed by atoms with Crippen molar-refractivity contribution in [2.75, 3.05) is 7.11 Å². The van der Waals surface area contributed by atoms with Crippen molar-refractivity contribution in [1.29, 1.82) is 0 Å². The zero-order valence-electron chi connectivity index (χ0n) is 25.1. The molecule has 1 aliphatic heterocycles. The Morgan fingerprint density at radius 3 is 1.82 bits per heavy atom. The highest BCUT2D eigenvalue weighted by molar-refractivity contribution is 8.06. The molecule has 0 bridgehead atoms. The van der Waals surface area contributed by atoms with Gasteiger partial charge in [0.15, 0.2) is 27.9 Å². The fraction of sp³-hybridized carbons (Fsp3) is 0.552. The molecule has 0 N–H and O–H groups in total. The number of methoxy groups -OCH3 is 1. The number of sulfone groups is 1. The minimum atomic E-state index is -3.99. The Kier molecular flexibility index (Phi) is 8.35. The van der Waals surface area contributed by atoms with Crippen LogP contribution in [0.15, 0.2) is 52.4 Å². The van der Waals surface area contributed by atoms with Crippen LogP contribution < -0.4 is 4.74 Å². The summed E-state index contributed by atoms with van der Waals surface area (Å²) >= 11 is 0. The second-order valence-electron chi connectivity index (χ2n) is 13.3. The largest absolute Gasteiger partial charge is 0.497 e. The molecular formula is C29H45NO5SSi2. The zero-order chi connectivity index (χ0) is 28.9. The topological polar surface area (TPSA) is 74.2 Å². The van der Waals surface area contributed by atoms with Crippen LogP contribution in [0.3, 0.4) is 0 Å². The predicted molar refractivity (Wildman–Crippen MR) is 161 cm³/mol. The van der Waals surface area contributed by atoms with Gasteiger partial charge < -0.3 is 13.6 Å². The number of rotatable bonds is 6. The van der Waals surface area contributed by atoms with Crippen LogP contribution in [-0.4, -0.2) is 37.2 Å². The monoisotopic (exact) mass is 575 g/mol. The average Bonchev–Trinajstić information content (AvgIpc) is 2.78. The molecule has 0 spiro atoms. The van der Waals surface area contributed by atoms with Crippen LogP contribution in [0.25, 0.3) is 0 Å². The summed E-state index contributed by atoms with van der Waals surface area (Å²) in [6.07, 6.45) is -1.63. The highest BCUT2D eigenvalue weighted by Crippen LogP contribution is 2.48. The lowest BCUT2D eigenvalue weighted by molar-refractivity contribution is 0.174. The molecule has 2 atom stereocenters. The van der Waals surface area contributed by atoms with E-state index in [0.717, 1.165) is 16.7 Å². The molecule has 1 aliphatic rings. The molecule has 0 unspecified atom stereocenters. The molecule has 0 fully saturated rings. The Bertz CT molecular complexity index is 1300. The van der Waals surface area contributed by atoms with E-state index in [4.69, 9.17) is 18.6 Å². The Morgan fingerprint density at radius 2 is 1.32 bits per heavy atom. The van der Waals surface area contributed by atoms with E-state index < -0.39 is 38.8 Å². The third-order valence-corrected chi connectivity index (χ3v) is 19.0. The third-order valence-electron chi connectivity index (χ3n) is 8.35. The Balaban J connectivity index is 2.31. The fourth-order valence-electron chi connectivity index (χ4n) is 3.70. The molecule has 9 heteroatoms. The number of aliphatic imine (C=N–C) groups is 1. The average molecular weight is 576 g/mol. The van der Waals surface area contributed by atoms with Crippen molar-refractivity contribution in [2.24, 2.45) is 4.99 Å². The van der Waals surface area contributed by atoms with Crippen LogP contribution in [0.4, 0.5) is 0 Å². The second kappa shape index (κ2) is 10.3. The smallest absolute Gasteiger partial charge is 0.222 e. The van der Waals surface area contributed by atoms with E-state index in [2.05, 4.69) is 67.7 Å². The molecule has 2 aromatic rings. The number of hydrogen-bond acceptors (Lipinski definition) is 6. The van der Waals surface area contributed by atoms with Crippen molar-refractivity contribution in [2.45, 2.75) is 102 Å². The van der Waals surface area contributed by atoms with Gasteiger partial charge in [0.1, 0.15) is 11.9 Å². The minimum absolute atomic E-state index is 0.00404. The predicted octanol–water partition coefficient (Wildman–Crippen LogP) is 7.97. The van der Waals surface area contributed by atoms with Crippen molar-refractivity contribution in [3.63, 3.8) is 0 Å². The number of aryl methyl sites for hydroxylation is 1. The molecular weight excluding hydrogens is 531 g/mol. The van der Waals surface area contributed by atoms with Gasteiger partial charge >= 0.3 is 0 Å². The lowest BCUT2D eigenvalue weighted by Crippen LogP contribution is -2.46. The molecule has 0 aromatic heterocycles. The van der Waals surface area contributed by atoms with Gasteiger partial charge in [-0.1, -0.05) is 65.3 Å². The summed E-state index contributed by atoms with van der Waals surface area (Å²) in [5, 5.41) is -0.227. The molecule has 0 saturated carbocycles. The van der Waals surface area contributed by atoms with Crippen LogP contribution in [0.1, 0.15) is 70.6 Å². The number of benzene rings is 2. The van der Waals surface area contributed by atoms with Crippen molar-refractivity contribution in [1.82, 2.24) is 0 Å². The first-order chi connectivity index (χ1) is 17.2. The molecule has 2 aromatic carbocycles. The van der Waals surface area contributed by atoms with Crippen molar-refractivity contribution >= 4 is 31.5 Å². The molecule has 0 saturated heterocycles. The zero-order valence-corrected chi connectivity index (χ0v) is 27.9. The van der Waals surface area contributed by atoms with Gasteiger partial charge in [0.05, 0.1) is 12.0 Å². The Hall–Kier alpha value is -1.79. The van der Waals surface area contributed by atoms with Gasteiger partial charge in [0.25, 0.3) is 0 Å². The molecule has 6 nitrogen and oxygen atoms in total. The summed E-state index contributed by atoms with van der Waals surface area (Å²) in [7, 11) is -7.14. The number of nitrogens with zero attached hydrogens (tertiary/aromatic N) is 1. The highest BCUT2D eigenvalue weighted by atomic mass is 32.2. The summed E-state index contributed by atoms with van der Waals surface area (Å²) in [5.74, 6) is 0.632. The quantitative estimate of drug-likeness (QED) is 0.327. The number of ether oxygens (including phenoxy) is 1. The van der Waals surface area contributed by atoms with E-state index in [0.29, 0.717) is 5.75 Å². The Morgan fingerprint density at radius 1 is 0.789 bits per heavy atom. The van der Waals surface area contributed by atoms with E-state index in [1.807, 2.05) is 25.1 Å². The summed E-state index contributed by atoms with van der Waals surface area (Å²) in [6, 6.07) is 12.6. The molecule has 3 rings (SSSR count). The van der Waals surface area contributed by atoms with Crippen molar-refractivity contribution < 1.29 is 22.0 Å². The first-order valence-electron chi connectivity index (χ1n) is 13.1. The molecule has 0 radical (unpaired) electrons. The number of fused-ring (bicyclic) bond motifs is 1. The van der Waals surface area contributed by atoms with Gasteiger partial charge in [-0.2, -0.15) is 0 Å². The summed E-state index contributed by atoms with van der Waals surface area (Å²) < 4.78 is 47.7. The van der Waals surface area contributed by atoms with Crippen molar-refractivity contribution in [3.8, 4) is 5.75 Å². The van der Waals surface area contributed by atoms with Crippen LogP contribution in [0, 0.1) is 6.92 Å². The fourth-order valence-corrected chi connectivity index (χ4v) is 7.48. The SMILES string of the molecule is COc1ccc2c(c1)[C@H](O[Si](C)(C)C(C)(C)C)C(S(=O)(=O)c1ccc(C)cc1)=N[C@@H]2O[Si](C)(C)C(C)(C)C. The van der Waals surface area contributed by atoms with Gasteiger partial charge in [0.2, 0.25) is 9.84 Å². The van der Waals surface area contributed by atoms with Gasteiger partial charge in [-0.05, 0) is 73.0 Å². The maximum Gasteiger partial charge on any atom is 0.222 e. The molecule has 38 heavy (non-hydrogen) atoms. The van der Waals surface area contributed by atoms with Crippen LogP contribution >= 0.6 is 0 Å². The lowest BCUT2D eigenvalue weighted by atomic mass is 9.99. The van der Waals surface area contributed by atoms with Crippen LogP contribution in [-0.2, 0) is 18.7 Å². The normalized spacial score (nSPS) is 19.1. The van der Waals surface area contributed by atoms with Gasteiger partial charge in [-0.15, -0.1) is 0 Å². The number of hydrogen-bond donors (Lipinski definition) is 0. The summed E-state index contributed by atoms with van der Waals surface area (Å²) in [6.45, 7) is 23.4. The van der Waals surface area contributed by atoms with E-state index in [9.17, 15) is 8.42 Å². The third kappa shape index (κ3) is 6.02. The van der Waals surface area contributed by atoms with Gasteiger partial charge in [-0.25, -0.2) is 13.4 Å². The minimum Gasteiger partial charge on any atom is -0.497 e. The van der Waals surface area contributed by atoms with Crippen LogP contribution in [0.5, 0.6) is 5.75 Å². The van der Waals surface area contributed by atoms with E-state index in [1.165, 1.54) is 0 Å². The Labute approximate surface area is 232 Å². The van der Waals surface area contributed by atoms with Crippen LogP contribution in [0.2, 0.25) is 36.3 Å². The molecule has 0 aliphatic carbocycles. The van der Waals surface area contributed by atoms with E-state index >= 15 is 0 Å². The maximum atomic E-state index is 14.2. The lowest BCUT2D eigenvalue weighted by Gasteiger charge is -2.43. The molecule has 1 heterocycles. The standard InChI is InChI=1S/C29H45NO5SSi2/c1-20-13-16-22(17-14-20)36(31,32)27-25(34-37(9,10)28(2,3)4)24-19-21(33-8)15-18-23(24)26(30-27)35-38(11,12)29(5,6)7/h13-19,25-26H,1-12H3/t25-,26+/m0/s1. The van der Waals surface area contributed by atoms with Crippen molar-refractivity contribution in [3.05, 3.63) is 59.2 Å². The second-order valence-corrected chi connectivity index (χ2v) is 24.7. The van der Waals surface area contributed by atoms with E-state index in [-0.39, 0.29) is 20.0 Å².